The number of benzene rings is 2. The molecule has 0 aliphatic rings. The number of hydrazone groups is 1. The zero-order valence-electron chi connectivity index (χ0n) is 19.2. The number of aromatic nitrogens is 3. The fraction of sp³-hybridized carbons (Fsp3) is 0.136. The van der Waals surface area contributed by atoms with Gasteiger partial charge >= 0.3 is 23.3 Å². The van der Waals surface area contributed by atoms with Crippen LogP contribution < -0.4 is 26.9 Å². The van der Waals surface area contributed by atoms with Gasteiger partial charge in [-0.05, 0) is 30.3 Å². The molecule has 4 N–H and O–H groups in total. The van der Waals surface area contributed by atoms with E-state index in [1.54, 1.807) is 24.3 Å². The molecule has 186 valence electrons. The van der Waals surface area contributed by atoms with Crippen molar-refractivity contribution in [1.29, 1.82) is 0 Å². The van der Waals surface area contributed by atoms with Crippen molar-refractivity contribution in [2.45, 2.75) is 0 Å². The Morgan fingerprint density at radius 3 is 2.31 bits per heavy atom. The maximum Gasteiger partial charge on any atom is 0.351 e. The summed E-state index contributed by atoms with van der Waals surface area (Å²) in [5, 5.41) is 6.52. The number of esters is 2. The van der Waals surface area contributed by atoms with Gasteiger partial charge in [0.25, 0.3) is 5.91 Å². The highest BCUT2D eigenvalue weighted by molar-refractivity contribution is 6.48. The lowest BCUT2D eigenvalue weighted by Crippen LogP contribution is -2.34. The summed E-state index contributed by atoms with van der Waals surface area (Å²) in [5.41, 5.74) is 0.223. The van der Waals surface area contributed by atoms with Gasteiger partial charge < -0.3 is 19.5 Å². The molecule has 14 nitrogen and oxygen atoms in total. The summed E-state index contributed by atoms with van der Waals surface area (Å²) in [6.45, 7) is 0. The predicted molar refractivity (Wildman–Crippen MR) is 126 cm³/mol. The van der Waals surface area contributed by atoms with E-state index in [0.717, 1.165) is 7.11 Å². The number of aromatic amines is 2. The highest BCUT2D eigenvalue weighted by Gasteiger charge is 2.21. The normalized spacial score (nSPS) is 10.8. The molecule has 36 heavy (non-hydrogen) atoms. The lowest BCUT2D eigenvalue weighted by Gasteiger charge is -2.12. The van der Waals surface area contributed by atoms with Gasteiger partial charge in [0.05, 0.1) is 43.8 Å². The summed E-state index contributed by atoms with van der Waals surface area (Å²) < 4.78 is 14.6. The van der Waals surface area contributed by atoms with Gasteiger partial charge in [0.1, 0.15) is 5.75 Å². The smallest absolute Gasteiger partial charge is 0.351 e. The third-order valence-electron chi connectivity index (χ3n) is 4.59. The van der Waals surface area contributed by atoms with Crippen molar-refractivity contribution in [2.75, 3.05) is 32.1 Å². The zero-order valence-corrected chi connectivity index (χ0v) is 19.2. The second-order valence-corrected chi connectivity index (χ2v) is 6.81. The molecular formula is C22H20N6O8. The first-order chi connectivity index (χ1) is 17.3. The summed E-state index contributed by atoms with van der Waals surface area (Å²) in [5.74, 6) is -2.53. The van der Waals surface area contributed by atoms with E-state index in [0.29, 0.717) is 5.75 Å². The Balaban J connectivity index is 2.10. The molecule has 0 aliphatic carbocycles. The number of H-pyrrole nitrogens is 2. The van der Waals surface area contributed by atoms with Crippen molar-refractivity contribution >= 4 is 34.9 Å². The SMILES string of the molecule is COC(=O)c1ccc(C(=O)OC)c(N/N=C(\C(=O)Nc2ccccc2OC)c2nc(=O)[nH]c(=O)[nH]2)c1. The van der Waals surface area contributed by atoms with Crippen molar-refractivity contribution in [3.05, 3.63) is 80.4 Å². The monoisotopic (exact) mass is 496 g/mol. The first kappa shape index (κ1) is 25.4. The second kappa shape index (κ2) is 11.2. The molecule has 1 amide bonds. The number of hydrogen-bond acceptors (Lipinski definition) is 11. The lowest BCUT2D eigenvalue weighted by molar-refractivity contribution is -0.110. The molecule has 0 radical (unpaired) electrons. The number of para-hydroxylation sites is 2. The molecule has 0 atom stereocenters. The number of rotatable bonds is 8. The third-order valence-corrected chi connectivity index (χ3v) is 4.59. The molecule has 0 aliphatic heterocycles. The molecular weight excluding hydrogens is 476 g/mol. The molecule has 1 aromatic heterocycles. The average molecular weight is 496 g/mol. The maximum absolute atomic E-state index is 13.1. The molecule has 0 spiro atoms. The lowest BCUT2D eigenvalue weighted by atomic mass is 10.1. The summed E-state index contributed by atoms with van der Waals surface area (Å²) in [6, 6.07) is 10.3. The van der Waals surface area contributed by atoms with Crippen LogP contribution in [0.1, 0.15) is 26.5 Å². The quantitative estimate of drug-likeness (QED) is 0.194. The number of carbonyl (C=O) groups is 3. The largest absolute Gasteiger partial charge is 0.495 e. The van der Waals surface area contributed by atoms with Crippen LogP contribution in [0.4, 0.5) is 11.4 Å². The summed E-state index contributed by atoms with van der Waals surface area (Å²) in [4.78, 5) is 68.6. The van der Waals surface area contributed by atoms with Gasteiger partial charge in [-0.25, -0.2) is 19.2 Å². The van der Waals surface area contributed by atoms with Crippen LogP contribution in [0, 0.1) is 0 Å². The van der Waals surface area contributed by atoms with Crippen molar-refractivity contribution in [1.82, 2.24) is 15.0 Å². The maximum atomic E-state index is 13.1. The molecule has 0 bridgehead atoms. The van der Waals surface area contributed by atoms with Gasteiger partial charge in [0, 0.05) is 0 Å². The van der Waals surface area contributed by atoms with E-state index in [2.05, 4.69) is 30.5 Å². The number of methoxy groups -OCH3 is 3. The van der Waals surface area contributed by atoms with Gasteiger partial charge in [-0.1, -0.05) is 12.1 Å². The zero-order chi connectivity index (χ0) is 26.2. The minimum Gasteiger partial charge on any atom is -0.495 e. The van der Waals surface area contributed by atoms with E-state index in [1.165, 1.54) is 32.4 Å². The summed E-state index contributed by atoms with van der Waals surface area (Å²) in [7, 11) is 3.73. The molecule has 2 aromatic carbocycles. The van der Waals surface area contributed by atoms with E-state index in [1.807, 2.05) is 4.98 Å². The number of carbonyl (C=O) groups excluding carboxylic acids is 3. The number of ether oxygens (including phenoxy) is 3. The minimum absolute atomic E-state index is 0.0363. The molecule has 1 heterocycles. The van der Waals surface area contributed by atoms with Gasteiger partial charge in [-0.2, -0.15) is 10.1 Å². The van der Waals surface area contributed by atoms with Crippen LogP contribution in [0.5, 0.6) is 5.75 Å². The number of hydrogen-bond donors (Lipinski definition) is 4. The second-order valence-electron chi connectivity index (χ2n) is 6.81. The first-order valence-corrected chi connectivity index (χ1v) is 10.1. The topological polar surface area (TPSA) is 194 Å². The summed E-state index contributed by atoms with van der Waals surface area (Å²) in [6.07, 6.45) is 0. The van der Waals surface area contributed by atoms with E-state index >= 15 is 0 Å². The predicted octanol–water partition coefficient (Wildman–Crippen LogP) is 0.495. The molecule has 0 saturated carbocycles. The van der Waals surface area contributed by atoms with Crippen LogP contribution in [-0.2, 0) is 14.3 Å². The Morgan fingerprint density at radius 1 is 0.917 bits per heavy atom. The van der Waals surface area contributed by atoms with E-state index in [-0.39, 0.29) is 22.5 Å². The van der Waals surface area contributed by atoms with E-state index < -0.39 is 40.8 Å². The van der Waals surface area contributed by atoms with Crippen LogP contribution in [0.15, 0.2) is 57.2 Å². The van der Waals surface area contributed by atoms with Gasteiger partial charge in [0.15, 0.2) is 11.5 Å². The first-order valence-electron chi connectivity index (χ1n) is 10.1. The highest BCUT2D eigenvalue weighted by atomic mass is 16.5. The summed E-state index contributed by atoms with van der Waals surface area (Å²) >= 11 is 0. The highest BCUT2D eigenvalue weighted by Crippen LogP contribution is 2.23. The van der Waals surface area contributed by atoms with Crippen molar-refractivity contribution in [2.24, 2.45) is 5.10 Å². The Labute approximate surface area is 202 Å². The van der Waals surface area contributed by atoms with Crippen LogP contribution in [0.2, 0.25) is 0 Å². The van der Waals surface area contributed by atoms with E-state index in [9.17, 15) is 24.0 Å². The molecule has 0 fully saturated rings. The molecule has 0 saturated heterocycles. The van der Waals surface area contributed by atoms with Crippen molar-refractivity contribution in [3.8, 4) is 5.75 Å². The molecule has 0 unspecified atom stereocenters. The minimum atomic E-state index is -1.03. The Kier molecular flexibility index (Phi) is 7.91. The van der Waals surface area contributed by atoms with E-state index in [4.69, 9.17) is 9.47 Å². The van der Waals surface area contributed by atoms with Crippen molar-refractivity contribution < 1.29 is 28.6 Å². The van der Waals surface area contributed by atoms with Crippen LogP contribution >= 0.6 is 0 Å². The van der Waals surface area contributed by atoms with Crippen LogP contribution in [0.25, 0.3) is 0 Å². The van der Waals surface area contributed by atoms with Crippen LogP contribution in [0.3, 0.4) is 0 Å². The average Bonchev–Trinajstić information content (AvgIpc) is 2.87. The fourth-order valence-corrected chi connectivity index (χ4v) is 2.93. The van der Waals surface area contributed by atoms with Gasteiger partial charge in [0.2, 0.25) is 0 Å². The number of amides is 1. The van der Waals surface area contributed by atoms with Crippen LogP contribution in [-0.4, -0.2) is 59.8 Å². The van der Waals surface area contributed by atoms with Gasteiger partial charge in [-0.3, -0.25) is 20.2 Å². The number of nitrogens with one attached hydrogen (secondary N) is 4. The Bertz CT molecular complexity index is 1430. The fourth-order valence-electron chi connectivity index (χ4n) is 2.93. The van der Waals surface area contributed by atoms with Crippen molar-refractivity contribution in [3.63, 3.8) is 0 Å². The van der Waals surface area contributed by atoms with Gasteiger partial charge in [-0.15, -0.1) is 0 Å². The number of anilines is 2. The standard InChI is InChI=1S/C22H20N6O8/c1-34-15-7-5-4-6-13(15)23-18(29)16(17-24-21(32)26-22(33)25-17)28-27-14-10-11(19(30)35-2)8-9-12(14)20(31)36-3/h4-10,27H,1-3H3,(H,23,29)(H2,24,25,26,32,33)/b28-16-. The Hall–Kier alpha value is -5.27. The molecule has 14 heteroatoms. The third kappa shape index (κ3) is 5.80. The molecule has 3 rings (SSSR count). The number of nitrogens with zero attached hydrogens (tertiary/aromatic N) is 2. The Morgan fingerprint density at radius 2 is 1.64 bits per heavy atom. The molecule has 3 aromatic rings.